The lowest BCUT2D eigenvalue weighted by Crippen LogP contribution is -2.46. The average molecular weight is 337 g/mol. The van der Waals surface area contributed by atoms with Crippen molar-refractivity contribution in [3.63, 3.8) is 0 Å². The molecule has 3 heterocycles. The van der Waals surface area contributed by atoms with E-state index < -0.39 is 0 Å². The Hall–Kier alpha value is -3.02. The van der Waals surface area contributed by atoms with Gasteiger partial charge >= 0.3 is 0 Å². The summed E-state index contributed by atoms with van der Waals surface area (Å²) in [7, 11) is 0. The standard InChI is InChI=1S/C19H19N3O3/c1-13-4-5-14-15(18(23)20-16(14)11-13)12-21-6-8-22(9-7-21)19(24)17-3-2-10-25-17/h2-5,10-12H,6-9H2,1H3,(H,20,23)/b15-12+. The summed E-state index contributed by atoms with van der Waals surface area (Å²) in [4.78, 5) is 28.4. The van der Waals surface area contributed by atoms with Crippen LogP contribution in [0, 0.1) is 6.92 Å². The molecule has 0 aliphatic carbocycles. The predicted molar refractivity (Wildman–Crippen MR) is 94.0 cm³/mol. The van der Waals surface area contributed by atoms with Crippen LogP contribution in [0.2, 0.25) is 0 Å². The molecule has 6 nitrogen and oxygen atoms in total. The fraction of sp³-hybridized carbons (Fsp3) is 0.263. The number of rotatable bonds is 2. The lowest BCUT2D eigenvalue weighted by atomic mass is 10.1. The SMILES string of the molecule is Cc1ccc2c(c1)NC(=O)/C2=C/N1CCN(C(=O)c2ccco2)CC1. The predicted octanol–water partition coefficient (Wildman–Crippen LogP) is 2.34. The van der Waals surface area contributed by atoms with Crippen molar-refractivity contribution in [3.05, 3.63) is 59.7 Å². The summed E-state index contributed by atoms with van der Waals surface area (Å²) >= 11 is 0. The number of amides is 2. The van der Waals surface area contributed by atoms with Crippen LogP contribution in [0.4, 0.5) is 5.69 Å². The topological polar surface area (TPSA) is 65.8 Å². The molecule has 1 saturated heterocycles. The van der Waals surface area contributed by atoms with Gasteiger partial charge in [0, 0.05) is 43.6 Å². The minimum atomic E-state index is -0.0864. The number of piperazine rings is 1. The molecule has 2 amide bonds. The zero-order valence-corrected chi connectivity index (χ0v) is 14.0. The van der Waals surface area contributed by atoms with Gasteiger partial charge in [0.25, 0.3) is 11.8 Å². The molecule has 1 fully saturated rings. The Balaban J connectivity index is 1.46. The molecule has 0 radical (unpaired) electrons. The number of hydrogen-bond acceptors (Lipinski definition) is 4. The lowest BCUT2D eigenvalue weighted by Gasteiger charge is -2.33. The Labute approximate surface area is 145 Å². The summed E-state index contributed by atoms with van der Waals surface area (Å²) in [6.07, 6.45) is 3.41. The van der Waals surface area contributed by atoms with Gasteiger partial charge in [0.15, 0.2) is 5.76 Å². The zero-order chi connectivity index (χ0) is 17.4. The van der Waals surface area contributed by atoms with Crippen LogP contribution in [0.25, 0.3) is 5.57 Å². The third-order valence-electron chi connectivity index (χ3n) is 4.60. The zero-order valence-electron chi connectivity index (χ0n) is 14.0. The number of carbonyl (C=O) groups is 2. The molecular weight excluding hydrogens is 318 g/mol. The van der Waals surface area contributed by atoms with Crippen molar-refractivity contribution in [2.24, 2.45) is 0 Å². The van der Waals surface area contributed by atoms with Crippen LogP contribution < -0.4 is 5.32 Å². The first-order valence-electron chi connectivity index (χ1n) is 8.33. The highest BCUT2D eigenvalue weighted by molar-refractivity contribution is 6.31. The Morgan fingerprint density at radius 3 is 2.72 bits per heavy atom. The molecule has 0 spiro atoms. The van der Waals surface area contributed by atoms with E-state index >= 15 is 0 Å². The molecule has 1 aromatic heterocycles. The van der Waals surface area contributed by atoms with Gasteiger partial charge in [0.05, 0.1) is 11.8 Å². The fourth-order valence-corrected chi connectivity index (χ4v) is 3.23. The third-order valence-corrected chi connectivity index (χ3v) is 4.60. The quantitative estimate of drug-likeness (QED) is 0.854. The van der Waals surface area contributed by atoms with Crippen LogP contribution in [0.1, 0.15) is 21.7 Å². The molecule has 2 aliphatic rings. The number of benzene rings is 1. The number of hydrogen-bond donors (Lipinski definition) is 1. The van der Waals surface area contributed by atoms with Gasteiger partial charge in [-0.25, -0.2) is 0 Å². The molecule has 6 heteroatoms. The van der Waals surface area contributed by atoms with Crippen LogP contribution >= 0.6 is 0 Å². The second-order valence-electron chi connectivity index (χ2n) is 6.35. The van der Waals surface area contributed by atoms with E-state index in [9.17, 15) is 9.59 Å². The molecular formula is C19H19N3O3. The van der Waals surface area contributed by atoms with Crippen LogP contribution in [0.15, 0.2) is 47.2 Å². The van der Waals surface area contributed by atoms with Crippen molar-refractivity contribution in [3.8, 4) is 0 Å². The van der Waals surface area contributed by atoms with Crippen LogP contribution in [0.5, 0.6) is 0 Å². The van der Waals surface area contributed by atoms with Crippen molar-refractivity contribution < 1.29 is 14.0 Å². The van der Waals surface area contributed by atoms with E-state index in [4.69, 9.17) is 4.42 Å². The molecule has 4 rings (SSSR count). The van der Waals surface area contributed by atoms with Crippen LogP contribution in [0.3, 0.4) is 0 Å². The van der Waals surface area contributed by atoms with Crippen molar-refractivity contribution in [1.82, 2.24) is 9.80 Å². The molecule has 2 aromatic rings. The van der Waals surface area contributed by atoms with E-state index in [0.717, 1.165) is 16.8 Å². The first-order valence-corrected chi connectivity index (χ1v) is 8.33. The van der Waals surface area contributed by atoms with Gasteiger partial charge in [-0.05, 0) is 30.7 Å². The number of fused-ring (bicyclic) bond motifs is 1. The molecule has 128 valence electrons. The second kappa shape index (κ2) is 6.12. The number of nitrogens with one attached hydrogen (secondary N) is 1. The third kappa shape index (κ3) is 2.91. The van der Waals surface area contributed by atoms with Gasteiger partial charge in [0.2, 0.25) is 0 Å². The normalized spacial score (nSPS) is 18.4. The van der Waals surface area contributed by atoms with E-state index in [1.165, 1.54) is 6.26 Å². The summed E-state index contributed by atoms with van der Waals surface area (Å²) in [5.41, 5.74) is 3.60. The Morgan fingerprint density at radius 2 is 2.00 bits per heavy atom. The molecule has 2 aliphatic heterocycles. The monoisotopic (exact) mass is 337 g/mol. The summed E-state index contributed by atoms with van der Waals surface area (Å²) in [6.45, 7) is 4.58. The van der Waals surface area contributed by atoms with Crippen molar-refractivity contribution in [2.45, 2.75) is 6.92 Å². The minimum absolute atomic E-state index is 0.0744. The number of carbonyl (C=O) groups excluding carboxylic acids is 2. The molecule has 1 N–H and O–H groups in total. The van der Waals surface area contributed by atoms with Gasteiger partial charge in [-0.15, -0.1) is 0 Å². The summed E-state index contributed by atoms with van der Waals surface area (Å²) < 4.78 is 5.18. The molecule has 0 unspecified atom stereocenters. The van der Waals surface area contributed by atoms with Crippen molar-refractivity contribution >= 4 is 23.1 Å². The first kappa shape index (κ1) is 15.5. The maximum Gasteiger partial charge on any atom is 0.289 e. The Bertz CT molecular complexity index is 847. The van der Waals surface area contributed by atoms with Gasteiger partial charge in [-0.1, -0.05) is 12.1 Å². The number of anilines is 1. The summed E-state index contributed by atoms with van der Waals surface area (Å²) in [5, 5.41) is 2.91. The lowest BCUT2D eigenvalue weighted by molar-refractivity contribution is -0.110. The maximum absolute atomic E-state index is 12.3. The Kier molecular flexibility index (Phi) is 3.80. The smallest absolute Gasteiger partial charge is 0.289 e. The van der Waals surface area contributed by atoms with Gasteiger partial charge in [0.1, 0.15) is 0 Å². The van der Waals surface area contributed by atoms with E-state index in [-0.39, 0.29) is 11.8 Å². The van der Waals surface area contributed by atoms with E-state index in [2.05, 4.69) is 10.2 Å². The largest absolute Gasteiger partial charge is 0.459 e. The van der Waals surface area contributed by atoms with E-state index in [1.807, 2.05) is 31.3 Å². The molecule has 25 heavy (non-hydrogen) atoms. The van der Waals surface area contributed by atoms with Gasteiger partial charge in [-0.2, -0.15) is 0 Å². The van der Waals surface area contributed by atoms with Gasteiger partial charge < -0.3 is 19.5 Å². The average Bonchev–Trinajstić information content (AvgIpc) is 3.24. The summed E-state index contributed by atoms with van der Waals surface area (Å²) in [5.74, 6) is 0.206. The fourth-order valence-electron chi connectivity index (χ4n) is 3.23. The highest BCUT2D eigenvalue weighted by Gasteiger charge is 2.27. The molecule has 0 saturated carbocycles. The number of nitrogens with zero attached hydrogens (tertiary/aromatic N) is 2. The highest BCUT2D eigenvalue weighted by atomic mass is 16.3. The minimum Gasteiger partial charge on any atom is -0.459 e. The maximum atomic E-state index is 12.3. The molecule has 0 atom stereocenters. The Morgan fingerprint density at radius 1 is 1.20 bits per heavy atom. The number of aryl methyl sites for hydroxylation is 1. The summed E-state index contributed by atoms with van der Waals surface area (Å²) in [6, 6.07) is 9.36. The van der Waals surface area contributed by atoms with E-state index in [1.54, 1.807) is 17.0 Å². The van der Waals surface area contributed by atoms with Gasteiger partial charge in [-0.3, -0.25) is 9.59 Å². The highest BCUT2D eigenvalue weighted by Crippen LogP contribution is 2.32. The first-order chi connectivity index (χ1) is 12.1. The number of furan rings is 1. The van der Waals surface area contributed by atoms with Crippen molar-refractivity contribution in [2.75, 3.05) is 31.5 Å². The van der Waals surface area contributed by atoms with Crippen molar-refractivity contribution in [1.29, 1.82) is 0 Å². The van der Waals surface area contributed by atoms with Crippen LogP contribution in [-0.4, -0.2) is 47.8 Å². The molecule has 0 bridgehead atoms. The van der Waals surface area contributed by atoms with Crippen LogP contribution in [-0.2, 0) is 4.79 Å². The molecule has 1 aromatic carbocycles. The van der Waals surface area contributed by atoms with E-state index in [0.29, 0.717) is 37.5 Å². The second-order valence-corrected chi connectivity index (χ2v) is 6.35.